The fraction of sp³-hybridized carbons (Fsp3) is 0.0769. The van der Waals surface area contributed by atoms with Crippen molar-refractivity contribution < 1.29 is 35.8 Å². The van der Waals surface area contributed by atoms with Gasteiger partial charge in [-0.2, -0.15) is 0 Å². The number of benzene rings is 2. The lowest BCUT2D eigenvalue weighted by molar-refractivity contribution is 0.372. The van der Waals surface area contributed by atoms with Crippen LogP contribution in [0.3, 0.4) is 0 Å². The molecule has 23 heavy (non-hydrogen) atoms. The number of aromatic hydroxyl groups is 1. The Labute approximate surface area is 132 Å². The van der Waals surface area contributed by atoms with Gasteiger partial charge in [-0.3, -0.25) is 0 Å². The van der Waals surface area contributed by atoms with Crippen LogP contribution in [0.4, 0.5) is 17.6 Å². The second-order valence-corrected chi connectivity index (χ2v) is 6.50. The highest BCUT2D eigenvalue weighted by molar-refractivity contribution is 7.91. The number of methoxy groups -OCH3 is 1. The summed E-state index contributed by atoms with van der Waals surface area (Å²) >= 11 is 5.04. The third-order valence-corrected chi connectivity index (χ3v) is 5.00. The Bertz CT molecular complexity index is 870. The molecule has 2 aromatic carbocycles. The molecule has 10 heteroatoms. The third kappa shape index (κ3) is 2.70. The second-order valence-electron chi connectivity index (χ2n) is 4.24. The zero-order chi connectivity index (χ0) is 17.5. The molecule has 2 rings (SSSR count). The van der Waals surface area contributed by atoms with Crippen molar-refractivity contribution in [3.8, 4) is 11.5 Å². The van der Waals surface area contributed by atoms with E-state index in [1.165, 1.54) is 7.11 Å². The van der Waals surface area contributed by atoms with Crippen LogP contribution in [0.15, 0.2) is 28.0 Å². The minimum absolute atomic E-state index is 0.113. The van der Waals surface area contributed by atoms with E-state index in [-0.39, 0.29) is 5.75 Å². The number of phenols is 1. The van der Waals surface area contributed by atoms with Gasteiger partial charge in [0.25, 0.3) is 0 Å². The maximum absolute atomic E-state index is 13.8. The predicted molar refractivity (Wildman–Crippen MR) is 71.4 cm³/mol. The lowest BCUT2D eigenvalue weighted by atomic mass is 10.3. The zero-order valence-corrected chi connectivity index (χ0v) is 12.8. The molecule has 0 heterocycles. The van der Waals surface area contributed by atoms with Gasteiger partial charge in [0.2, 0.25) is 9.84 Å². The Morgan fingerprint density at radius 3 is 2.00 bits per heavy atom. The molecular weight excluding hydrogens is 364 g/mol. The standard InChI is InChI=1S/C13H7ClF4O4S/c1-22-7-3-2-5(4-6(7)19)23(20,21)13-11(17)9(15)8(14)10(16)12(13)18/h2-4,19H,1H3. The Kier molecular flexibility index (Phi) is 4.45. The summed E-state index contributed by atoms with van der Waals surface area (Å²) in [6, 6.07) is 2.47. The molecule has 0 aliphatic carbocycles. The Morgan fingerprint density at radius 1 is 1.04 bits per heavy atom. The molecule has 0 aliphatic heterocycles. The van der Waals surface area contributed by atoms with E-state index in [1.54, 1.807) is 0 Å². The SMILES string of the molecule is COc1ccc(S(=O)(=O)c2c(F)c(F)c(Cl)c(F)c2F)cc1O. The van der Waals surface area contributed by atoms with Gasteiger partial charge in [-0.25, -0.2) is 26.0 Å². The van der Waals surface area contributed by atoms with Crippen molar-refractivity contribution in [3.63, 3.8) is 0 Å². The van der Waals surface area contributed by atoms with E-state index >= 15 is 0 Å². The number of halogens is 5. The van der Waals surface area contributed by atoms with Crippen LogP contribution in [0.1, 0.15) is 0 Å². The quantitative estimate of drug-likeness (QED) is 0.510. The van der Waals surface area contributed by atoms with Gasteiger partial charge < -0.3 is 9.84 Å². The van der Waals surface area contributed by atoms with Crippen LogP contribution < -0.4 is 4.74 Å². The molecule has 0 aliphatic rings. The van der Waals surface area contributed by atoms with Crippen molar-refractivity contribution >= 4 is 21.4 Å². The lowest BCUT2D eigenvalue weighted by Crippen LogP contribution is -2.12. The van der Waals surface area contributed by atoms with Crippen molar-refractivity contribution in [2.24, 2.45) is 0 Å². The molecule has 0 saturated carbocycles. The van der Waals surface area contributed by atoms with Gasteiger partial charge in [-0.15, -0.1) is 0 Å². The van der Waals surface area contributed by atoms with Crippen molar-refractivity contribution in [1.29, 1.82) is 0 Å². The van der Waals surface area contributed by atoms with Crippen LogP contribution in [-0.2, 0) is 9.84 Å². The Hall–Kier alpha value is -2.00. The van der Waals surface area contributed by atoms with E-state index in [0.717, 1.165) is 12.1 Å². The number of hydrogen-bond acceptors (Lipinski definition) is 4. The van der Waals surface area contributed by atoms with Gasteiger partial charge in [-0.1, -0.05) is 11.6 Å². The first-order valence-corrected chi connectivity index (χ1v) is 7.62. The van der Waals surface area contributed by atoms with E-state index < -0.39 is 53.7 Å². The summed E-state index contributed by atoms with van der Waals surface area (Å²) in [4.78, 5) is -2.64. The molecule has 2 aromatic rings. The number of phenolic OH excluding ortho intramolecular Hbond substituents is 1. The Balaban J connectivity index is 2.78. The fourth-order valence-corrected chi connectivity index (χ4v) is 3.34. The maximum Gasteiger partial charge on any atom is 0.212 e. The average molecular weight is 371 g/mol. The van der Waals surface area contributed by atoms with Crippen LogP contribution in [0.25, 0.3) is 0 Å². The summed E-state index contributed by atoms with van der Waals surface area (Å²) in [6.45, 7) is 0. The van der Waals surface area contributed by atoms with E-state index in [1.807, 2.05) is 0 Å². The van der Waals surface area contributed by atoms with Crippen molar-refractivity contribution in [1.82, 2.24) is 0 Å². The first-order chi connectivity index (χ1) is 10.6. The molecule has 124 valence electrons. The number of rotatable bonds is 3. The van der Waals surface area contributed by atoms with Gasteiger partial charge in [0, 0.05) is 6.07 Å². The smallest absolute Gasteiger partial charge is 0.212 e. The first kappa shape index (κ1) is 17.4. The topological polar surface area (TPSA) is 63.6 Å². The van der Waals surface area contributed by atoms with Crippen LogP contribution in [-0.4, -0.2) is 20.6 Å². The first-order valence-electron chi connectivity index (χ1n) is 5.76. The van der Waals surface area contributed by atoms with Crippen LogP contribution in [0.5, 0.6) is 11.5 Å². The summed E-state index contributed by atoms with van der Waals surface area (Å²) in [6.07, 6.45) is 0. The molecule has 0 atom stereocenters. The second kappa shape index (κ2) is 5.89. The number of ether oxygens (including phenoxy) is 1. The molecule has 0 bridgehead atoms. The van der Waals surface area contributed by atoms with Crippen molar-refractivity contribution in [2.75, 3.05) is 7.11 Å². The van der Waals surface area contributed by atoms with Gasteiger partial charge in [0.05, 0.1) is 12.0 Å². The van der Waals surface area contributed by atoms with Gasteiger partial charge in [-0.05, 0) is 12.1 Å². The number of hydrogen-bond donors (Lipinski definition) is 1. The van der Waals surface area contributed by atoms with E-state index in [2.05, 4.69) is 4.74 Å². The summed E-state index contributed by atoms with van der Waals surface area (Å²) in [5.41, 5.74) is 0. The molecular formula is C13H7ClF4O4S. The maximum atomic E-state index is 13.8. The van der Waals surface area contributed by atoms with Crippen LogP contribution in [0.2, 0.25) is 5.02 Å². The molecule has 0 spiro atoms. The lowest BCUT2D eigenvalue weighted by Gasteiger charge is -2.11. The molecule has 0 amide bonds. The summed E-state index contributed by atoms with van der Waals surface area (Å²) in [5, 5.41) is 8.04. The normalized spacial score (nSPS) is 11.6. The average Bonchev–Trinajstić information content (AvgIpc) is 2.50. The Morgan fingerprint density at radius 2 is 1.57 bits per heavy atom. The van der Waals surface area contributed by atoms with E-state index in [9.17, 15) is 31.1 Å². The molecule has 1 N–H and O–H groups in total. The molecule has 4 nitrogen and oxygen atoms in total. The molecule has 0 saturated heterocycles. The minimum atomic E-state index is -5.01. The van der Waals surface area contributed by atoms with Crippen LogP contribution >= 0.6 is 11.6 Å². The number of sulfone groups is 1. The van der Waals surface area contributed by atoms with Gasteiger partial charge >= 0.3 is 0 Å². The molecule has 0 aromatic heterocycles. The summed E-state index contributed by atoms with van der Waals surface area (Å²) in [7, 11) is -3.83. The molecule has 0 radical (unpaired) electrons. The highest BCUT2D eigenvalue weighted by Gasteiger charge is 2.34. The highest BCUT2D eigenvalue weighted by atomic mass is 35.5. The van der Waals surface area contributed by atoms with Gasteiger partial charge in [0.1, 0.15) is 9.92 Å². The monoisotopic (exact) mass is 370 g/mol. The van der Waals surface area contributed by atoms with Gasteiger partial charge in [0.15, 0.2) is 34.8 Å². The minimum Gasteiger partial charge on any atom is -0.504 e. The largest absolute Gasteiger partial charge is 0.504 e. The van der Waals surface area contributed by atoms with E-state index in [4.69, 9.17) is 11.6 Å². The summed E-state index contributed by atoms with van der Waals surface area (Å²) in [5.74, 6) is -9.17. The van der Waals surface area contributed by atoms with Crippen LogP contribution in [0, 0.1) is 23.3 Å². The third-order valence-electron chi connectivity index (χ3n) is 2.90. The molecule has 0 fully saturated rings. The zero-order valence-electron chi connectivity index (χ0n) is 11.2. The fourth-order valence-electron chi connectivity index (χ4n) is 1.78. The van der Waals surface area contributed by atoms with Crippen molar-refractivity contribution in [3.05, 3.63) is 46.5 Å². The summed E-state index contributed by atoms with van der Waals surface area (Å²) < 4.78 is 83.6. The molecule has 0 unspecified atom stereocenters. The highest BCUT2D eigenvalue weighted by Crippen LogP contribution is 2.36. The van der Waals surface area contributed by atoms with E-state index in [0.29, 0.717) is 6.07 Å². The van der Waals surface area contributed by atoms with Crippen molar-refractivity contribution in [2.45, 2.75) is 9.79 Å². The predicted octanol–water partition coefficient (Wildman–Crippen LogP) is 3.44.